The predicted molar refractivity (Wildman–Crippen MR) is 104 cm³/mol. The molecule has 0 aliphatic carbocycles. The Balaban J connectivity index is 1.90. The molecular weight excluding hydrogens is 308 g/mol. The molecule has 0 spiro atoms. The summed E-state index contributed by atoms with van der Waals surface area (Å²) in [6.07, 6.45) is 1.80. The molecule has 0 aliphatic rings. The summed E-state index contributed by atoms with van der Waals surface area (Å²) < 4.78 is 2.26. The second kappa shape index (κ2) is 5.95. The van der Waals surface area contributed by atoms with E-state index in [1.807, 2.05) is 12.1 Å². The van der Waals surface area contributed by atoms with Crippen LogP contribution >= 0.6 is 0 Å². The number of rotatable bonds is 3. The van der Waals surface area contributed by atoms with Gasteiger partial charge in [-0.25, -0.2) is 0 Å². The highest BCUT2D eigenvalue weighted by Gasteiger charge is 2.10. The van der Waals surface area contributed by atoms with Crippen LogP contribution in [0.25, 0.3) is 33.6 Å². The van der Waals surface area contributed by atoms with E-state index >= 15 is 0 Å². The van der Waals surface area contributed by atoms with Crippen LogP contribution < -0.4 is 5.73 Å². The molecule has 122 valence electrons. The van der Waals surface area contributed by atoms with Crippen molar-refractivity contribution in [2.75, 3.05) is 0 Å². The van der Waals surface area contributed by atoms with Crippen LogP contribution in [0.15, 0.2) is 78.4 Å². The zero-order chi connectivity index (χ0) is 17.4. The van der Waals surface area contributed by atoms with Crippen LogP contribution in [0.2, 0.25) is 0 Å². The number of para-hydroxylation sites is 2. The average molecular weight is 326 g/mol. The van der Waals surface area contributed by atoms with Gasteiger partial charge >= 0.3 is 0 Å². The van der Waals surface area contributed by atoms with Crippen molar-refractivity contribution in [2.24, 2.45) is 5.73 Å². The Morgan fingerprint density at radius 2 is 1.36 bits per heavy atom. The molecule has 1 heterocycles. The lowest BCUT2D eigenvalue weighted by molar-refractivity contribution is -0.114. The van der Waals surface area contributed by atoms with Gasteiger partial charge < -0.3 is 10.3 Å². The fourth-order valence-electron chi connectivity index (χ4n) is 3.24. The summed E-state index contributed by atoms with van der Waals surface area (Å²) in [5, 5.41) is 2.48. The molecule has 0 aliphatic heterocycles. The Morgan fingerprint density at radius 1 is 0.840 bits per heavy atom. The summed E-state index contributed by atoms with van der Waals surface area (Å²) in [5.74, 6) is -0.397. The lowest BCUT2D eigenvalue weighted by atomic mass is 10.1. The van der Waals surface area contributed by atoms with Gasteiger partial charge in [0.05, 0.1) is 11.0 Å². The molecule has 0 atom stereocenters. The number of fused-ring (bicyclic) bond motifs is 3. The highest BCUT2D eigenvalue weighted by molar-refractivity contribution is 6.09. The second-order valence-electron chi connectivity index (χ2n) is 6.15. The van der Waals surface area contributed by atoms with E-state index in [1.54, 1.807) is 13.0 Å². The third kappa shape index (κ3) is 2.60. The first-order valence-corrected chi connectivity index (χ1v) is 8.22. The molecule has 3 aromatic carbocycles. The zero-order valence-corrected chi connectivity index (χ0v) is 13.9. The van der Waals surface area contributed by atoms with Crippen LogP contribution in [0, 0.1) is 0 Å². The lowest BCUT2D eigenvalue weighted by Gasteiger charge is -2.08. The summed E-state index contributed by atoms with van der Waals surface area (Å²) in [6.45, 7) is 1.73. The van der Waals surface area contributed by atoms with Crippen molar-refractivity contribution in [3.05, 3.63) is 83.9 Å². The quantitative estimate of drug-likeness (QED) is 0.546. The number of amides is 1. The normalized spacial score (nSPS) is 12.0. The Labute approximate surface area is 146 Å². The predicted octanol–water partition coefficient (Wildman–Crippen LogP) is 4.67. The second-order valence-corrected chi connectivity index (χ2v) is 6.15. The highest BCUT2D eigenvalue weighted by Crippen LogP contribution is 2.31. The van der Waals surface area contributed by atoms with Crippen molar-refractivity contribution in [1.82, 2.24) is 4.57 Å². The number of nitrogens with zero attached hydrogens (tertiary/aromatic N) is 1. The largest absolute Gasteiger partial charge is 0.366 e. The Kier molecular flexibility index (Phi) is 3.62. The number of benzene rings is 3. The van der Waals surface area contributed by atoms with Crippen LogP contribution in [-0.2, 0) is 4.79 Å². The van der Waals surface area contributed by atoms with Gasteiger partial charge in [-0.3, -0.25) is 4.79 Å². The maximum absolute atomic E-state index is 11.2. The van der Waals surface area contributed by atoms with Gasteiger partial charge in [-0.15, -0.1) is 0 Å². The number of hydrogen-bond donors (Lipinski definition) is 1. The van der Waals surface area contributed by atoms with Gasteiger partial charge in [-0.2, -0.15) is 0 Å². The first-order valence-electron chi connectivity index (χ1n) is 8.22. The third-order valence-corrected chi connectivity index (χ3v) is 4.50. The van der Waals surface area contributed by atoms with Crippen LogP contribution in [0.5, 0.6) is 0 Å². The topological polar surface area (TPSA) is 48.0 Å². The van der Waals surface area contributed by atoms with E-state index in [1.165, 1.54) is 21.8 Å². The lowest BCUT2D eigenvalue weighted by Crippen LogP contribution is -2.11. The minimum absolute atomic E-state index is 0.397. The molecule has 1 amide bonds. The van der Waals surface area contributed by atoms with Crippen LogP contribution in [0.1, 0.15) is 12.5 Å². The molecule has 1 aromatic heterocycles. The number of hydrogen-bond acceptors (Lipinski definition) is 1. The Hall–Kier alpha value is -3.33. The number of carbonyl (C=O) groups is 1. The minimum atomic E-state index is -0.397. The number of aromatic nitrogens is 1. The molecule has 4 rings (SSSR count). The minimum Gasteiger partial charge on any atom is -0.366 e. The van der Waals surface area contributed by atoms with Crippen molar-refractivity contribution in [1.29, 1.82) is 0 Å². The maximum atomic E-state index is 11.2. The van der Waals surface area contributed by atoms with E-state index in [9.17, 15) is 4.79 Å². The Morgan fingerprint density at radius 3 is 1.88 bits per heavy atom. The summed E-state index contributed by atoms with van der Waals surface area (Å²) in [5.41, 5.74) is 10.3. The van der Waals surface area contributed by atoms with Crippen molar-refractivity contribution in [3.63, 3.8) is 0 Å². The standard InChI is InChI=1S/C22H18N2O/c1-15(22(23)25)14-16-10-12-17(13-11-16)24-20-8-4-2-6-18(20)19-7-3-5-9-21(19)24/h2-14H,1H3,(H2,23,25). The molecule has 0 fully saturated rings. The molecule has 0 saturated heterocycles. The highest BCUT2D eigenvalue weighted by atomic mass is 16.1. The Bertz CT molecular complexity index is 1060. The molecule has 4 aromatic rings. The molecule has 25 heavy (non-hydrogen) atoms. The van der Waals surface area contributed by atoms with Gasteiger partial charge in [0.2, 0.25) is 5.91 Å². The average Bonchev–Trinajstić information content (AvgIpc) is 2.97. The van der Waals surface area contributed by atoms with Crippen molar-refractivity contribution in [3.8, 4) is 5.69 Å². The van der Waals surface area contributed by atoms with E-state index in [2.05, 4.69) is 65.2 Å². The summed E-state index contributed by atoms with van der Waals surface area (Å²) >= 11 is 0. The molecule has 3 nitrogen and oxygen atoms in total. The summed E-state index contributed by atoms with van der Waals surface area (Å²) in [4.78, 5) is 11.2. The van der Waals surface area contributed by atoms with Gasteiger partial charge in [-0.1, -0.05) is 48.5 Å². The molecule has 0 unspecified atom stereocenters. The number of carbonyl (C=O) groups excluding carboxylic acids is 1. The number of nitrogens with two attached hydrogens (primary N) is 1. The van der Waals surface area contributed by atoms with Gasteiger partial charge in [0.15, 0.2) is 0 Å². The first-order chi connectivity index (χ1) is 12.1. The summed E-state index contributed by atoms with van der Waals surface area (Å²) in [7, 11) is 0. The van der Waals surface area contributed by atoms with Crippen molar-refractivity contribution >= 4 is 33.8 Å². The monoisotopic (exact) mass is 326 g/mol. The van der Waals surface area contributed by atoms with E-state index in [4.69, 9.17) is 5.73 Å². The zero-order valence-electron chi connectivity index (χ0n) is 13.9. The fourth-order valence-corrected chi connectivity index (χ4v) is 3.24. The molecule has 3 heteroatoms. The van der Waals surface area contributed by atoms with Crippen molar-refractivity contribution < 1.29 is 4.79 Å². The van der Waals surface area contributed by atoms with Gasteiger partial charge in [-0.05, 0) is 42.8 Å². The van der Waals surface area contributed by atoms with E-state index in [0.717, 1.165) is 11.3 Å². The van der Waals surface area contributed by atoms with Crippen LogP contribution in [0.4, 0.5) is 0 Å². The van der Waals surface area contributed by atoms with Crippen molar-refractivity contribution in [2.45, 2.75) is 6.92 Å². The van der Waals surface area contributed by atoms with Crippen LogP contribution in [0.3, 0.4) is 0 Å². The SMILES string of the molecule is CC(=Cc1ccc(-n2c3ccccc3c3ccccc32)cc1)C(N)=O. The van der Waals surface area contributed by atoms with E-state index < -0.39 is 5.91 Å². The third-order valence-electron chi connectivity index (χ3n) is 4.50. The molecular formula is C22H18N2O. The maximum Gasteiger partial charge on any atom is 0.244 e. The van der Waals surface area contributed by atoms with E-state index in [0.29, 0.717) is 5.57 Å². The molecule has 0 bridgehead atoms. The van der Waals surface area contributed by atoms with Gasteiger partial charge in [0.1, 0.15) is 0 Å². The van der Waals surface area contributed by atoms with Crippen LogP contribution in [-0.4, -0.2) is 10.5 Å². The molecule has 0 radical (unpaired) electrons. The smallest absolute Gasteiger partial charge is 0.244 e. The summed E-state index contributed by atoms with van der Waals surface area (Å²) in [6, 6.07) is 25.0. The first kappa shape index (κ1) is 15.2. The van der Waals surface area contributed by atoms with Gasteiger partial charge in [0, 0.05) is 22.0 Å². The molecule has 0 saturated carbocycles. The fraction of sp³-hybridized carbons (Fsp3) is 0.0455. The number of primary amides is 1. The molecule has 2 N–H and O–H groups in total. The van der Waals surface area contributed by atoms with Gasteiger partial charge in [0.25, 0.3) is 0 Å². The van der Waals surface area contributed by atoms with E-state index in [-0.39, 0.29) is 0 Å².